The van der Waals surface area contributed by atoms with Gasteiger partial charge in [0.05, 0.1) is 13.0 Å². The molecule has 0 saturated carbocycles. The van der Waals surface area contributed by atoms with E-state index < -0.39 is 0 Å². The number of esters is 1. The maximum atomic E-state index is 11.8. The SMILES string of the molecule is CCOC(=O)C[C@H](C1=N[C+]=CN1C)c1ccc(O)cc1. The molecule has 2 rings (SSSR count). The van der Waals surface area contributed by atoms with Crippen molar-refractivity contribution in [2.75, 3.05) is 13.7 Å². The van der Waals surface area contributed by atoms with Crippen LogP contribution >= 0.6 is 0 Å². The molecular weight excluding hydrogens is 256 g/mol. The van der Waals surface area contributed by atoms with Crippen LogP contribution < -0.4 is 0 Å². The molecule has 1 N–H and O–H groups in total. The van der Waals surface area contributed by atoms with Gasteiger partial charge in [-0.05, 0) is 24.6 Å². The summed E-state index contributed by atoms with van der Waals surface area (Å²) in [6.07, 6.45) is 4.70. The molecule has 0 unspecified atom stereocenters. The number of benzene rings is 1. The Morgan fingerprint density at radius 3 is 2.70 bits per heavy atom. The van der Waals surface area contributed by atoms with E-state index in [4.69, 9.17) is 4.74 Å². The predicted octanol–water partition coefficient (Wildman–Crippen LogP) is 2.05. The Kier molecular flexibility index (Phi) is 4.33. The van der Waals surface area contributed by atoms with Crippen LogP contribution in [0.2, 0.25) is 0 Å². The molecule has 0 fully saturated rings. The number of hydrogen-bond donors (Lipinski definition) is 1. The fourth-order valence-electron chi connectivity index (χ4n) is 2.10. The molecule has 0 bridgehead atoms. The van der Waals surface area contributed by atoms with Crippen LogP contribution in [0.15, 0.2) is 35.5 Å². The Morgan fingerprint density at radius 1 is 1.45 bits per heavy atom. The van der Waals surface area contributed by atoms with Gasteiger partial charge in [0.25, 0.3) is 5.84 Å². The summed E-state index contributed by atoms with van der Waals surface area (Å²) >= 11 is 0. The molecular formula is C15H17N2O3+. The van der Waals surface area contributed by atoms with Crippen LogP contribution in [0, 0.1) is 6.20 Å². The average molecular weight is 273 g/mol. The summed E-state index contributed by atoms with van der Waals surface area (Å²) in [5, 5.41) is 9.37. The zero-order chi connectivity index (χ0) is 14.5. The van der Waals surface area contributed by atoms with Crippen molar-refractivity contribution in [2.24, 2.45) is 4.99 Å². The van der Waals surface area contributed by atoms with Gasteiger partial charge in [0.1, 0.15) is 11.7 Å². The van der Waals surface area contributed by atoms with Gasteiger partial charge < -0.3 is 9.84 Å². The third kappa shape index (κ3) is 3.13. The lowest BCUT2D eigenvalue weighted by atomic mass is 9.94. The molecule has 1 atom stereocenters. The first-order valence-electron chi connectivity index (χ1n) is 6.45. The van der Waals surface area contributed by atoms with Gasteiger partial charge >= 0.3 is 5.97 Å². The Hall–Kier alpha value is -2.39. The summed E-state index contributed by atoms with van der Waals surface area (Å²) in [7, 11) is 1.86. The highest BCUT2D eigenvalue weighted by atomic mass is 16.5. The number of aliphatic imine (C=N–C) groups is 1. The third-order valence-corrected chi connectivity index (χ3v) is 3.08. The van der Waals surface area contributed by atoms with E-state index in [2.05, 4.69) is 11.2 Å². The molecule has 20 heavy (non-hydrogen) atoms. The zero-order valence-corrected chi connectivity index (χ0v) is 11.5. The lowest BCUT2D eigenvalue weighted by molar-refractivity contribution is -0.143. The number of phenolic OH excluding ortho intramolecular Hbond substituents is 1. The normalized spacial score (nSPS) is 14.7. The number of aromatic hydroxyl groups is 1. The summed E-state index contributed by atoms with van der Waals surface area (Å²) in [5.41, 5.74) is 0.901. The van der Waals surface area contributed by atoms with Gasteiger partial charge in [-0.25, -0.2) is 4.90 Å². The van der Waals surface area contributed by atoms with Crippen LogP contribution in [0.25, 0.3) is 0 Å². The van der Waals surface area contributed by atoms with Crippen molar-refractivity contribution in [3.8, 4) is 5.75 Å². The third-order valence-electron chi connectivity index (χ3n) is 3.08. The van der Waals surface area contributed by atoms with Crippen molar-refractivity contribution in [2.45, 2.75) is 19.3 Å². The molecule has 0 amide bonds. The second-order valence-electron chi connectivity index (χ2n) is 4.49. The summed E-state index contributed by atoms with van der Waals surface area (Å²) in [6.45, 7) is 2.13. The first-order chi connectivity index (χ1) is 9.61. The van der Waals surface area contributed by atoms with Crippen LogP contribution in [0.4, 0.5) is 0 Å². The second-order valence-corrected chi connectivity index (χ2v) is 4.49. The average Bonchev–Trinajstić information content (AvgIpc) is 2.84. The molecule has 0 radical (unpaired) electrons. The summed E-state index contributed by atoms with van der Waals surface area (Å²) in [5.74, 6) is 0.443. The molecule has 104 valence electrons. The number of ether oxygens (including phenoxy) is 1. The monoisotopic (exact) mass is 273 g/mol. The largest absolute Gasteiger partial charge is 0.508 e. The van der Waals surface area contributed by atoms with Crippen molar-refractivity contribution in [1.29, 1.82) is 0 Å². The lowest BCUT2D eigenvalue weighted by Gasteiger charge is -2.15. The fraction of sp³-hybridized carbons (Fsp3) is 0.333. The molecule has 1 aromatic carbocycles. The fourth-order valence-corrected chi connectivity index (χ4v) is 2.10. The quantitative estimate of drug-likeness (QED) is 0.659. The summed E-state index contributed by atoms with van der Waals surface area (Å²) in [4.78, 5) is 17.8. The lowest BCUT2D eigenvalue weighted by Crippen LogP contribution is -2.27. The Morgan fingerprint density at radius 2 is 2.15 bits per heavy atom. The Labute approximate surface area is 118 Å². The maximum Gasteiger partial charge on any atom is 0.308 e. The number of likely N-dealkylation sites (N-methyl/N-ethyl adjacent to an activating group) is 1. The minimum atomic E-state index is -0.270. The van der Waals surface area contributed by atoms with Gasteiger partial charge in [0.15, 0.2) is 6.20 Å². The minimum Gasteiger partial charge on any atom is -0.508 e. The van der Waals surface area contributed by atoms with Gasteiger partial charge in [-0.1, -0.05) is 12.1 Å². The van der Waals surface area contributed by atoms with Crippen molar-refractivity contribution in [1.82, 2.24) is 4.90 Å². The molecule has 5 heteroatoms. The van der Waals surface area contributed by atoms with Crippen molar-refractivity contribution in [3.05, 3.63) is 42.2 Å². The van der Waals surface area contributed by atoms with Gasteiger partial charge in [0.2, 0.25) is 6.20 Å². The second kappa shape index (κ2) is 6.17. The molecule has 0 aromatic heterocycles. The van der Waals surface area contributed by atoms with Gasteiger partial charge in [0, 0.05) is 12.0 Å². The minimum absolute atomic E-state index is 0.190. The van der Waals surface area contributed by atoms with E-state index in [0.29, 0.717) is 6.61 Å². The summed E-state index contributed by atoms with van der Waals surface area (Å²) in [6, 6.07) is 6.77. The maximum absolute atomic E-state index is 11.8. The molecule has 0 aliphatic carbocycles. The first kappa shape index (κ1) is 14.0. The van der Waals surface area contributed by atoms with Crippen molar-refractivity contribution < 1.29 is 14.6 Å². The zero-order valence-electron chi connectivity index (χ0n) is 11.5. The summed E-state index contributed by atoms with van der Waals surface area (Å²) < 4.78 is 5.02. The van der Waals surface area contributed by atoms with E-state index in [1.165, 1.54) is 0 Å². The van der Waals surface area contributed by atoms with Crippen LogP contribution in [-0.2, 0) is 9.53 Å². The number of amidine groups is 1. The molecule has 5 nitrogen and oxygen atoms in total. The van der Waals surface area contributed by atoms with E-state index in [-0.39, 0.29) is 24.1 Å². The highest BCUT2D eigenvalue weighted by molar-refractivity contribution is 5.94. The van der Waals surface area contributed by atoms with Crippen LogP contribution in [-0.4, -0.2) is 35.5 Å². The topological polar surface area (TPSA) is 62.1 Å². The van der Waals surface area contributed by atoms with E-state index in [0.717, 1.165) is 11.4 Å². The van der Waals surface area contributed by atoms with Gasteiger partial charge in [-0.3, -0.25) is 4.79 Å². The number of phenols is 1. The van der Waals surface area contributed by atoms with Crippen molar-refractivity contribution in [3.63, 3.8) is 0 Å². The van der Waals surface area contributed by atoms with E-state index in [1.54, 1.807) is 37.4 Å². The van der Waals surface area contributed by atoms with Crippen LogP contribution in [0.5, 0.6) is 5.75 Å². The molecule has 0 saturated heterocycles. The first-order valence-corrected chi connectivity index (χ1v) is 6.45. The molecule has 1 aromatic rings. The van der Waals surface area contributed by atoms with Crippen LogP contribution in [0.3, 0.4) is 0 Å². The molecule has 1 heterocycles. The number of nitrogens with zero attached hydrogens (tertiary/aromatic N) is 2. The number of carbonyl (C=O) groups is 1. The van der Waals surface area contributed by atoms with Crippen LogP contribution in [0.1, 0.15) is 24.8 Å². The smallest absolute Gasteiger partial charge is 0.308 e. The van der Waals surface area contributed by atoms with Gasteiger partial charge in [-0.15, -0.1) is 0 Å². The van der Waals surface area contributed by atoms with E-state index in [9.17, 15) is 9.90 Å². The highest BCUT2D eigenvalue weighted by Gasteiger charge is 2.34. The highest BCUT2D eigenvalue weighted by Crippen LogP contribution is 2.27. The van der Waals surface area contributed by atoms with E-state index >= 15 is 0 Å². The number of carbonyl (C=O) groups excluding carboxylic acids is 1. The predicted molar refractivity (Wildman–Crippen MR) is 75.1 cm³/mol. The molecule has 1 aliphatic heterocycles. The van der Waals surface area contributed by atoms with E-state index in [1.807, 2.05) is 11.9 Å². The standard InChI is InChI=1S/C15H16N2O3/c1-3-20-14(19)10-13(15-16-8-9-17(15)2)11-4-6-12(18)7-5-11/h4-7,9,13H,3,10H2,1-2H3/p+1/t13-/m0/s1. The number of rotatable bonds is 5. The van der Waals surface area contributed by atoms with Crippen molar-refractivity contribution >= 4 is 11.8 Å². The Balaban J connectivity index is 2.24. The Bertz CT molecular complexity index is 535. The molecule has 0 spiro atoms. The molecule has 1 aliphatic rings. The number of hydrogen-bond acceptors (Lipinski definition) is 5. The van der Waals surface area contributed by atoms with Gasteiger partial charge in [-0.2, -0.15) is 0 Å².